The SMILES string of the molecule is CNCC1CCC1Cc1cccc(F)c1Cl. The fraction of sp³-hybridized carbons (Fsp3) is 0.538. The van der Waals surface area contributed by atoms with Crippen molar-refractivity contribution in [2.24, 2.45) is 11.8 Å². The Morgan fingerprint density at radius 3 is 2.75 bits per heavy atom. The maximum Gasteiger partial charge on any atom is 0.142 e. The van der Waals surface area contributed by atoms with Crippen LogP contribution in [-0.4, -0.2) is 13.6 Å². The molecule has 1 saturated carbocycles. The summed E-state index contributed by atoms with van der Waals surface area (Å²) in [5, 5.41) is 3.51. The lowest BCUT2D eigenvalue weighted by atomic mass is 9.71. The van der Waals surface area contributed by atoms with E-state index in [1.54, 1.807) is 6.07 Å². The van der Waals surface area contributed by atoms with Crippen LogP contribution in [0, 0.1) is 17.7 Å². The normalized spacial score (nSPS) is 24.2. The van der Waals surface area contributed by atoms with Gasteiger partial charge in [-0.25, -0.2) is 4.39 Å². The second kappa shape index (κ2) is 5.15. The van der Waals surface area contributed by atoms with Gasteiger partial charge in [0.1, 0.15) is 5.82 Å². The summed E-state index contributed by atoms with van der Waals surface area (Å²) in [7, 11) is 1.98. The molecule has 0 radical (unpaired) electrons. The molecule has 0 aromatic heterocycles. The van der Waals surface area contributed by atoms with Gasteiger partial charge in [0.25, 0.3) is 0 Å². The van der Waals surface area contributed by atoms with E-state index in [1.165, 1.54) is 18.9 Å². The van der Waals surface area contributed by atoms with Gasteiger partial charge in [-0.15, -0.1) is 0 Å². The molecule has 0 amide bonds. The van der Waals surface area contributed by atoms with Crippen LogP contribution in [0.5, 0.6) is 0 Å². The van der Waals surface area contributed by atoms with Crippen molar-refractivity contribution < 1.29 is 4.39 Å². The van der Waals surface area contributed by atoms with Gasteiger partial charge >= 0.3 is 0 Å². The minimum atomic E-state index is -0.302. The van der Waals surface area contributed by atoms with Crippen LogP contribution in [0.3, 0.4) is 0 Å². The Bertz CT molecular complexity index is 367. The standard InChI is InChI=1S/C13H17ClFN/c1-16-8-11-6-5-9(11)7-10-3-2-4-12(15)13(10)14/h2-4,9,11,16H,5-8H2,1H3. The number of hydrogen-bond acceptors (Lipinski definition) is 1. The summed E-state index contributed by atoms with van der Waals surface area (Å²) in [6.45, 7) is 1.05. The average molecular weight is 242 g/mol. The van der Waals surface area contributed by atoms with Crippen LogP contribution in [0.25, 0.3) is 0 Å². The highest BCUT2D eigenvalue weighted by atomic mass is 35.5. The lowest BCUT2D eigenvalue weighted by Gasteiger charge is -2.37. The van der Waals surface area contributed by atoms with Gasteiger partial charge in [0.15, 0.2) is 0 Å². The zero-order valence-corrected chi connectivity index (χ0v) is 10.2. The molecule has 3 heteroatoms. The molecule has 0 spiro atoms. The molecule has 1 aliphatic rings. The fourth-order valence-electron chi connectivity index (χ4n) is 2.43. The third-order valence-electron chi connectivity index (χ3n) is 3.55. The summed E-state index contributed by atoms with van der Waals surface area (Å²) in [4.78, 5) is 0. The van der Waals surface area contributed by atoms with Crippen molar-refractivity contribution in [3.8, 4) is 0 Å². The van der Waals surface area contributed by atoms with Gasteiger partial charge in [-0.2, -0.15) is 0 Å². The molecular formula is C13H17ClFN. The summed E-state index contributed by atoms with van der Waals surface area (Å²) < 4.78 is 13.3. The van der Waals surface area contributed by atoms with Gasteiger partial charge < -0.3 is 5.32 Å². The zero-order chi connectivity index (χ0) is 11.5. The molecule has 0 aliphatic heterocycles. The predicted octanol–water partition coefficient (Wildman–Crippen LogP) is 3.27. The average Bonchev–Trinajstić information content (AvgIpc) is 2.26. The van der Waals surface area contributed by atoms with Crippen LogP contribution in [0.1, 0.15) is 18.4 Å². The van der Waals surface area contributed by atoms with Crippen LogP contribution in [-0.2, 0) is 6.42 Å². The molecule has 2 atom stereocenters. The molecule has 88 valence electrons. The van der Waals surface area contributed by atoms with Gasteiger partial charge in [0.2, 0.25) is 0 Å². The molecule has 16 heavy (non-hydrogen) atoms. The number of halogens is 2. The van der Waals surface area contributed by atoms with Gasteiger partial charge in [-0.1, -0.05) is 23.7 Å². The van der Waals surface area contributed by atoms with Crippen molar-refractivity contribution in [2.75, 3.05) is 13.6 Å². The Labute approximate surface area is 101 Å². The summed E-state index contributed by atoms with van der Waals surface area (Å²) in [5.41, 5.74) is 0.951. The van der Waals surface area contributed by atoms with Gasteiger partial charge in [-0.3, -0.25) is 0 Å². The molecule has 1 nitrogen and oxygen atoms in total. The Hall–Kier alpha value is -0.600. The van der Waals surface area contributed by atoms with E-state index in [4.69, 9.17) is 11.6 Å². The molecule has 0 bridgehead atoms. The summed E-state index contributed by atoms with van der Waals surface area (Å²) in [5.74, 6) is 1.08. The summed E-state index contributed by atoms with van der Waals surface area (Å²) >= 11 is 5.95. The maximum atomic E-state index is 13.3. The van der Waals surface area contributed by atoms with Crippen molar-refractivity contribution in [2.45, 2.75) is 19.3 Å². The Morgan fingerprint density at radius 1 is 1.38 bits per heavy atom. The van der Waals surface area contributed by atoms with E-state index in [-0.39, 0.29) is 5.82 Å². The van der Waals surface area contributed by atoms with E-state index in [9.17, 15) is 4.39 Å². The molecule has 0 heterocycles. The third-order valence-corrected chi connectivity index (χ3v) is 3.98. The van der Waals surface area contributed by atoms with Crippen molar-refractivity contribution >= 4 is 11.6 Å². The fourth-order valence-corrected chi connectivity index (χ4v) is 2.63. The Balaban J connectivity index is 2.01. The van der Waals surface area contributed by atoms with Crippen molar-refractivity contribution in [1.29, 1.82) is 0 Å². The molecule has 0 saturated heterocycles. The van der Waals surface area contributed by atoms with E-state index >= 15 is 0 Å². The lowest BCUT2D eigenvalue weighted by Crippen LogP contribution is -2.35. The van der Waals surface area contributed by atoms with Crippen molar-refractivity contribution in [1.82, 2.24) is 5.32 Å². The smallest absolute Gasteiger partial charge is 0.142 e. The van der Waals surface area contributed by atoms with Gasteiger partial charge in [0.05, 0.1) is 5.02 Å². The molecule has 1 fully saturated rings. The van der Waals surface area contributed by atoms with Crippen LogP contribution in [0.2, 0.25) is 5.02 Å². The van der Waals surface area contributed by atoms with Crippen molar-refractivity contribution in [3.63, 3.8) is 0 Å². The Kier molecular flexibility index (Phi) is 3.82. The summed E-state index contributed by atoms with van der Waals surface area (Å²) in [6.07, 6.45) is 3.42. The van der Waals surface area contributed by atoms with Crippen LogP contribution < -0.4 is 5.32 Å². The van der Waals surface area contributed by atoms with Crippen LogP contribution in [0.15, 0.2) is 18.2 Å². The van der Waals surface area contributed by atoms with Gasteiger partial charge in [-0.05, 0) is 56.3 Å². The molecule has 1 aliphatic carbocycles. The molecule has 1 aromatic rings. The summed E-state index contributed by atoms with van der Waals surface area (Å²) in [6, 6.07) is 5.08. The lowest BCUT2D eigenvalue weighted by molar-refractivity contribution is 0.174. The topological polar surface area (TPSA) is 12.0 Å². The second-order valence-electron chi connectivity index (χ2n) is 4.57. The molecule has 1 N–H and O–H groups in total. The highest BCUT2D eigenvalue weighted by molar-refractivity contribution is 6.31. The number of rotatable bonds is 4. The third kappa shape index (κ3) is 2.38. The molecule has 2 rings (SSSR count). The first kappa shape index (κ1) is 11.9. The second-order valence-corrected chi connectivity index (χ2v) is 4.95. The first-order chi connectivity index (χ1) is 7.72. The molecule has 1 aromatic carbocycles. The number of nitrogens with one attached hydrogen (secondary N) is 1. The minimum absolute atomic E-state index is 0.302. The quantitative estimate of drug-likeness (QED) is 0.853. The van der Waals surface area contributed by atoms with E-state index < -0.39 is 0 Å². The Morgan fingerprint density at radius 2 is 2.12 bits per heavy atom. The zero-order valence-electron chi connectivity index (χ0n) is 9.47. The van der Waals surface area contributed by atoms with E-state index in [2.05, 4.69) is 5.32 Å². The number of benzene rings is 1. The van der Waals surface area contributed by atoms with E-state index in [0.29, 0.717) is 10.9 Å². The predicted molar refractivity (Wildman–Crippen MR) is 65.3 cm³/mol. The minimum Gasteiger partial charge on any atom is -0.319 e. The monoisotopic (exact) mass is 241 g/mol. The van der Waals surface area contributed by atoms with E-state index in [1.807, 2.05) is 13.1 Å². The highest BCUT2D eigenvalue weighted by Crippen LogP contribution is 2.37. The van der Waals surface area contributed by atoms with Crippen LogP contribution in [0.4, 0.5) is 4.39 Å². The number of hydrogen-bond donors (Lipinski definition) is 1. The largest absolute Gasteiger partial charge is 0.319 e. The highest BCUT2D eigenvalue weighted by Gasteiger charge is 2.30. The molecule has 2 unspecified atom stereocenters. The van der Waals surface area contributed by atoms with E-state index in [0.717, 1.165) is 24.4 Å². The van der Waals surface area contributed by atoms with Crippen LogP contribution >= 0.6 is 11.6 Å². The van der Waals surface area contributed by atoms with Gasteiger partial charge in [0, 0.05) is 0 Å². The first-order valence-electron chi connectivity index (χ1n) is 5.80. The molecular weight excluding hydrogens is 225 g/mol. The first-order valence-corrected chi connectivity index (χ1v) is 6.17. The van der Waals surface area contributed by atoms with Crippen molar-refractivity contribution in [3.05, 3.63) is 34.6 Å². The maximum absolute atomic E-state index is 13.3.